The number of methoxy groups -OCH3 is 1. The van der Waals surface area contributed by atoms with Gasteiger partial charge in [-0.2, -0.15) is 0 Å². The van der Waals surface area contributed by atoms with Crippen LogP contribution in [0.5, 0.6) is 0 Å². The van der Waals surface area contributed by atoms with Crippen LogP contribution in [0.4, 0.5) is 0 Å². The van der Waals surface area contributed by atoms with Crippen molar-refractivity contribution in [3.05, 3.63) is 24.2 Å². The lowest BCUT2D eigenvalue weighted by molar-refractivity contribution is -0.154. The molecule has 106 valence electrons. The van der Waals surface area contributed by atoms with Crippen LogP contribution in [0.15, 0.2) is 22.8 Å². The Morgan fingerprint density at radius 1 is 1.47 bits per heavy atom. The van der Waals surface area contributed by atoms with Crippen LogP contribution in [-0.2, 0) is 20.9 Å². The number of hydrogen-bond acceptors (Lipinski definition) is 4. The number of amides is 1. The average molecular weight is 332 g/mol. The standard InChI is InChI=1S/C13H18BrNO4/c1-9(2)12(13(17)18-3)15(11(16)7-14)8-10-5-4-6-19-10/h4-6,9,12H,7-8H2,1-3H3/t12-/m1/s1. The highest BCUT2D eigenvalue weighted by Crippen LogP contribution is 2.17. The molecule has 0 saturated heterocycles. The third kappa shape index (κ3) is 4.09. The maximum atomic E-state index is 12.0. The first-order valence-electron chi connectivity index (χ1n) is 5.96. The monoisotopic (exact) mass is 331 g/mol. The van der Waals surface area contributed by atoms with Crippen molar-refractivity contribution in [3.8, 4) is 0 Å². The van der Waals surface area contributed by atoms with Gasteiger partial charge in [0.05, 0.1) is 25.2 Å². The van der Waals surface area contributed by atoms with E-state index >= 15 is 0 Å². The number of halogens is 1. The first kappa shape index (κ1) is 15.8. The zero-order valence-corrected chi connectivity index (χ0v) is 12.8. The minimum atomic E-state index is -0.625. The Bertz CT molecular complexity index is 416. The zero-order chi connectivity index (χ0) is 14.4. The van der Waals surface area contributed by atoms with Crippen molar-refractivity contribution in [2.75, 3.05) is 12.4 Å². The molecule has 0 radical (unpaired) electrons. The molecule has 1 atom stereocenters. The highest BCUT2D eigenvalue weighted by atomic mass is 79.9. The highest BCUT2D eigenvalue weighted by molar-refractivity contribution is 9.09. The fraction of sp³-hybridized carbons (Fsp3) is 0.538. The van der Waals surface area contributed by atoms with E-state index in [1.807, 2.05) is 13.8 Å². The Morgan fingerprint density at radius 3 is 2.58 bits per heavy atom. The van der Waals surface area contributed by atoms with Gasteiger partial charge >= 0.3 is 5.97 Å². The number of alkyl halides is 1. The van der Waals surface area contributed by atoms with E-state index in [0.717, 1.165) is 0 Å². The topological polar surface area (TPSA) is 59.8 Å². The molecule has 0 aliphatic heterocycles. The Morgan fingerprint density at radius 2 is 2.16 bits per heavy atom. The zero-order valence-electron chi connectivity index (χ0n) is 11.3. The second kappa shape index (κ2) is 7.33. The summed E-state index contributed by atoms with van der Waals surface area (Å²) in [5.41, 5.74) is 0. The molecule has 1 heterocycles. The van der Waals surface area contributed by atoms with E-state index in [-0.39, 0.29) is 23.7 Å². The van der Waals surface area contributed by atoms with E-state index in [2.05, 4.69) is 15.9 Å². The molecule has 0 aromatic carbocycles. The first-order chi connectivity index (χ1) is 9.01. The lowest BCUT2D eigenvalue weighted by atomic mass is 10.0. The predicted octanol–water partition coefficient (Wildman–Crippen LogP) is 2.20. The molecule has 1 amide bonds. The van der Waals surface area contributed by atoms with Crippen LogP contribution in [0.1, 0.15) is 19.6 Å². The number of ether oxygens (including phenoxy) is 1. The van der Waals surface area contributed by atoms with Crippen LogP contribution in [0.2, 0.25) is 0 Å². The van der Waals surface area contributed by atoms with E-state index in [1.165, 1.54) is 18.3 Å². The second-order valence-electron chi connectivity index (χ2n) is 4.45. The Hall–Kier alpha value is -1.30. The van der Waals surface area contributed by atoms with Crippen molar-refractivity contribution in [2.24, 2.45) is 5.92 Å². The van der Waals surface area contributed by atoms with Crippen LogP contribution < -0.4 is 0 Å². The van der Waals surface area contributed by atoms with Crippen molar-refractivity contribution < 1.29 is 18.7 Å². The van der Waals surface area contributed by atoms with Gasteiger partial charge in [0.15, 0.2) is 0 Å². The molecule has 0 bridgehead atoms. The molecule has 1 rings (SSSR count). The maximum absolute atomic E-state index is 12.0. The van der Waals surface area contributed by atoms with Gasteiger partial charge in [0.1, 0.15) is 11.8 Å². The summed E-state index contributed by atoms with van der Waals surface area (Å²) < 4.78 is 10.0. The summed E-state index contributed by atoms with van der Waals surface area (Å²) in [5.74, 6) is -0.0226. The van der Waals surface area contributed by atoms with Gasteiger partial charge in [0.2, 0.25) is 5.91 Å². The minimum absolute atomic E-state index is 0.0505. The van der Waals surface area contributed by atoms with E-state index in [9.17, 15) is 9.59 Å². The molecule has 0 spiro atoms. The van der Waals surface area contributed by atoms with Crippen LogP contribution in [0, 0.1) is 5.92 Å². The minimum Gasteiger partial charge on any atom is -0.467 e. The van der Waals surface area contributed by atoms with Gasteiger partial charge in [-0.1, -0.05) is 29.8 Å². The third-order valence-electron chi connectivity index (χ3n) is 2.75. The smallest absolute Gasteiger partial charge is 0.328 e. The van der Waals surface area contributed by atoms with Crippen molar-refractivity contribution in [1.29, 1.82) is 0 Å². The van der Waals surface area contributed by atoms with Crippen molar-refractivity contribution in [1.82, 2.24) is 4.90 Å². The van der Waals surface area contributed by atoms with Gasteiger partial charge in [0.25, 0.3) is 0 Å². The molecule has 0 aliphatic carbocycles. The fourth-order valence-corrected chi connectivity index (χ4v) is 2.19. The number of nitrogens with zero attached hydrogens (tertiary/aromatic N) is 1. The predicted molar refractivity (Wildman–Crippen MR) is 73.7 cm³/mol. The summed E-state index contributed by atoms with van der Waals surface area (Å²) in [5, 5.41) is 0.147. The van der Waals surface area contributed by atoms with E-state index in [4.69, 9.17) is 9.15 Å². The molecule has 0 N–H and O–H groups in total. The number of hydrogen-bond donors (Lipinski definition) is 0. The van der Waals surface area contributed by atoms with Crippen LogP contribution in [-0.4, -0.2) is 35.3 Å². The van der Waals surface area contributed by atoms with Gasteiger partial charge in [-0.05, 0) is 18.1 Å². The summed E-state index contributed by atoms with van der Waals surface area (Å²) in [6.45, 7) is 3.99. The molecular formula is C13H18BrNO4. The molecule has 1 aromatic rings. The van der Waals surface area contributed by atoms with E-state index in [1.54, 1.807) is 12.1 Å². The molecule has 1 aromatic heterocycles. The van der Waals surface area contributed by atoms with Crippen molar-refractivity contribution in [3.63, 3.8) is 0 Å². The van der Waals surface area contributed by atoms with E-state index < -0.39 is 12.0 Å². The largest absolute Gasteiger partial charge is 0.467 e. The molecule has 0 fully saturated rings. The molecule has 0 unspecified atom stereocenters. The molecular weight excluding hydrogens is 314 g/mol. The number of carbonyl (C=O) groups is 2. The third-order valence-corrected chi connectivity index (χ3v) is 3.23. The Balaban J connectivity index is 2.99. The average Bonchev–Trinajstić information content (AvgIpc) is 2.89. The Kier molecular flexibility index (Phi) is 6.08. The summed E-state index contributed by atoms with van der Waals surface area (Å²) in [6, 6.07) is 2.89. The summed E-state index contributed by atoms with van der Waals surface area (Å²) in [7, 11) is 1.32. The number of carbonyl (C=O) groups excluding carboxylic acids is 2. The molecule has 19 heavy (non-hydrogen) atoms. The molecule has 0 aliphatic rings. The lowest BCUT2D eigenvalue weighted by Gasteiger charge is -2.31. The SMILES string of the molecule is COC(=O)[C@@H](C(C)C)N(Cc1ccco1)C(=O)CBr. The van der Waals surface area contributed by atoms with Gasteiger partial charge in [-0.25, -0.2) is 4.79 Å². The quantitative estimate of drug-likeness (QED) is 0.592. The van der Waals surface area contributed by atoms with Gasteiger partial charge in [-0.3, -0.25) is 4.79 Å². The van der Waals surface area contributed by atoms with Crippen molar-refractivity contribution >= 4 is 27.8 Å². The first-order valence-corrected chi connectivity index (χ1v) is 7.09. The van der Waals surface area contributed by atoms with Crippen LogP contribution >= 0.6 is 15.9 Å². The van der Waals surface area contributed by atoms with E-state index in [0.29, 0.717) is 5.76 Å². The Labute approximate surface area is 121 Å². The number of rotatable bonds is 6. The summed E-state index contributed by atoms with van der Waals surface area (Å²) in [4.78, 5) is 25.4. The highest BCUT2D eigenvalue weighted by Gasteiger charge is 2.33. The molecule has 5 nitrogen and oxygen atoms in total. The van der Waals surface area contributed by atoms with Gasteiger partial charge < -0.3 is 14.1 Å². The van der Waals surface area contributed by atoms with Crippen molar-refractivity contribution in [2.45, 2.75) is 26.4 Å². The van der Waals surface area contributed by atoms with Gasteiger partial charge in [-0.15, -0.1) is 0 Å². The maximum Gasteiger partial charge on any atom is 0.328 e. The second-order valence-corrected chi connectivity index (χ2v) is 5.01. The lowest BCUT2D eigenvalue weighted by Crippen LogP contribution is -2.48. The normalized spacial score (nSPS) is 12.3. The number of furan rings is 1. The molecule has 6 heteroatoms. The van der Waals surface area contributed by atoms with Crippen LogP contribution in [0.3, 0.4) is 0 Å². The summed E-state index contributed by atoms with van der Waals surface area (Å²) >= 11 is 3.13. The number of esters is 1. The van der Waals surface area contributed by atoms with Gasteiger partial charge in [0, 0.05) is 0 Å². The molecule has 0 saturated carbocycles. The summed E-state index contributed by atoms with van der Waals surface area (Å²) in [6.07, 6.45) is 1.54. The van der Waals surface area contributed by atoms with Crippen LogP contribution in [0.25, 0.3) is 0 Å². The fourth-order valence-electron chi connectivity index (χ4n) is 1.87.